The van der Waals surface area contributed by atoms with Gasteiger partial charge in [0.05, 0.1) is 19.8 Å². The van der Waals surface area contributed by atoms with Crippen LogP contribution in [0.5, 0.6) is 11.5 Å². The Labute approximate surface area is 120 Å². The largest absolute Gasteiger partial charge is 0.496 e. The zero-order valence-electron chi connectivity index (χ0n) is 12.6. The van der Waals surface area contributed by atoms with Crippen LogP contribution in [-0.2, 0) is 0 Å². The maximum absolute atomic E-state index is 12.7. The Morgan fingerprint density at radius 3 is 2.25 bits per heavy atom. The van der Waals surface area contributed by atoms with Crippen LogP contribution in [0.3, 0.4) is 0 Å². The van der Waals surface area contributed by atoms with E-state index in [2.05, 4.69) is 0 Å². The molecule has 0 spiro atoms. The number of hydrogen-bond donors (Lipinski definition) is 0. The Morgan fingerprint density at radius 2 is 1.70 bits per heavy atom. The van der Waals surface area contributed by atoms with E-state index in [9.17, 15) is 4.79 Å². The molecular formula is C16H23NO3. The monoisotopic (exact) mass is 277 g/mol. The van der Waals surface area contributed by atoms with Crippen LogP contribution >= 0.6 is 0 Å². The van der Waals surface area contributed by atoms with Gasteiger partial charge in [0.1, 0.15) is 11.5 Å². The van der Waals surface area contributed by atoms with E-state index < -0.39 is 0 Å². The van der Waals surface area contributed by atoms with Crippen molar-refractivity contribution in [1.29, 1.82) is 0 Å². The molecule has 0 unspecified atom stereocenters. The fraction of sp³-hybridized carbons (Fsp3) is 0.562. The van der Waals surface area contributed by atoms with Crippen molar-refractivity contribution in [3.63, 3.8) is 0 Å². The second kappa shape index (κ2) is 6.64. The Bertz CT molecular complexity index is 477. The van der Waals surface area contributed by atoms with Gasteiger partial charge in [-0.2, -0.15) is 0 Å². The molecule has 0 bridgehead atoms. The molecule has 110 valence electrons. The molecule has 2 rings (SSSR count). The number of benzene rings is 1. The van der Waals surface area contributed by atoms with E-state index in [1.54, 1.807) is 20.3 Å². The molecule has 0 atom stereocenters. The summed E-state index contributed by atoms with van der Waals surface area (Å²) in [7, 11) is 3.22. The Balaban J connectivity index is 2.31. The first-order valence-corrected chi connectivity index (χ1v) is 7.20. The highest BCUT2D eigenvalue weighted by molar-refractivity contribution is 5.97. The predicted molar refractivity (Wildman–Crippen MR) is 78.7 cm³/mol. The van der Waals surface area contributed by atoms with Crippen LogP contribution in [0.25, 0.3) is 0 Å². The van der Waals surface area contributed by atoms with Crippen molar-refractivity contribution >= 4 is 5.91 Å². The van der Waals surface area contributed by atoms with Crippen LogP contribution in [0.1, 0.15) is 41.6 Å². The lowest BCUT2D eigenvalue weighted by Gasteiger charge is -2.22. The number of ether oxygens (including phenoxy) is 2. The predicted octanol–water partition coefficient (Wildman–Crippen LogP) is 3.03. The molecule has 1 aromatic rings. The average Bonchev–Trinajstić information content (AvgIpc) is 2.75. The lowest BCUT2D eigenvalue weighted by molar-refractivity contribution is 0.0758. The standard InChI is InChI=1S/C16H23NO3/c1-12-14(19-2)9-8-13(15(12)20-3)16(18)17-10-6-4-5-7-11-17/h8-9H,4-7,10-11H2,1-3H3. The van der Waals surface area contributed by atoms with Crippen LogP contribution in [-0.4, -0.2) is 38.1 Å². The molecule has 0 saturated carbocycles. The maximum atomic E-state index is 12.7. The molecule has 20 heavy (non-hydrogen) atoms. The first kappa shape index (κ1) is 14.7. The van der Waals surface area contributed by atoms with Gasteiger partial charge in [0, 0.05) is 18.7 Å². The van der Waals surface area contributed by atoms with E-state index in [0.29, 0.717) is 11.3 Å². The molecule has 0 N–H and O–H groups in total. The summed E-state index contributed by atoms with van der Waals surface area (Å²) in [6.45, 7) is 3.59. The number of nitrogens with zero attached hydrogens (tertiary/aromatic N) is 1. The highest BCUT2D eigenvalue weighted by Crippen LogP contribution is 2.32. The van der Waals surface area contributed by atoms with E-state index >= 15 is 0 Å². The summed E-state index contributed by atoms with van der Waals surface area (Å²) in [6, 6.07) is 3.64. The Kier molecular flexibility index (Phi) is 4.88. The summed E-state index contributed by atoms with van der Waals surface area (Å²) in [6.07, 6.45) is 4.59. The number of likely N-dealkylation sites (tertiary alicyclic amines) is 1. The van der Waals surface area contributed by atoms with Crippen LogP contribution in [0, 0.1) is 6.92 Å². The van der Waals surface area contributed by atoms with Gasteiger partial charge in [-0.25, -0.2) is 0 Å². The lowest BCUT2D eigenvalue weighted by Crippen LogP contribution is -2.32. The number of methoxy groups -OCH3 is 2. The molecule has 0 aromatic heterocycles. The van der Waals surface area contributed by atoms with Crippen LogP contribution < -0.4 is 9.47 Å². The fourth-order valence-corrected chi connectivity index (χ4v) is 2.77. The highest BCUT2D eigenvalue weighted by Gasteiger charge is 2.22. The molecule has 1 aromatic carbocycles. The topological polar surface area (TPSA) is 38.8 Å². The molecule has 4 heteroatoms. The third-order valence-corrected chi connectivity index (χ3v) is 3.90. The SMILES string of the molecule is COc1ccc(C(=O)N2CCCCCC2)c(OC)c1C. The smallest absolute Gasteiger partial charge is 0.257 e. The zero-order valence-corrected chi connectivity index (χ0v) is 12.6. The van der Waals surface area contributed by atoms with Gasteiger partial charge < -0.3 is 14.4 Å². The molecule has 1 fully saturated rings. The number of hydrogen-bond acceptors (Lipinski definition) is 3. The summed E-state index contributed by atoms with van der Waals surface area (Å²) < 4.78 is 10.7. The van der Waals surface area contributed by atoms with Gasteiger partial charge in [0.2, 0.25) is 0 Å². The minimum absolute atomic E-state index is 0.0644. The number of carbonyl (C=O) groups is 1. The van der Waals surface area contributed by atoms with Gasteiger partial charge in [-0.05, 0) is 31.9 Å². The normalized spacial score (nSPS) is 15.7. The van der Waals surface area contributed by atoms with Crippen molar-refractivity contribution in [3.8, 4) is 11.5 Å². The summed E-state index contributed by atoms with van der Waals surface area (Å²) in [5, 5.41) is 0. The van der Waals surface area contributed by atoms with E-state index in [1.807, 2.05) is 17.9 Å². The van der Waals surface area contributed by atoms with Crippen LogP contribution in [0.4, 0.5) is 0 Å². The number of carbonyl (C=O) groups excluding carboxylic acids is 1. The molecule has 1 heterocycles. The van der Waals surface area contributed by atoms with E-state index in [4.69, 9.17) is 9.47 Å². The summed E-state index contributed by atoms with van der Waals surface area (Å²) in [5.41, 5.74) is 1.50. The maximum Gasteiger partial charge on any atom is 0.257 e. The van der Waals surface area contributed by atoms with Gasteiger partial charge in [0.15, 0.2) is 0 Å². The van der Waals surface area contributed by atoms with Crippen molar-refractivity contribution in [2.24, 2.45) is 0 Å². The van der Waals surface area contributed by atoms with Crippen LogP contribution in [0.2, 0.25) is 0 Å². The van der Waals surface area contributed by atoms with Crippen molar-refractivity contribution in [1.82, 2.24) is 4.90 Å². The van der Waals surface area contributed by atoms with Crippen molar-refractivity contribution < 1.29 is 14.3 Å². The molecule has 0 radical (unpaired) electrons. The van der Waals surface area contributed by atoms with E-state index in [1.165, 1.54) is 12.8 Å². The summed E-state index contributed by atoms with van der Waals surface area (Å²) >= 11 is 0. The first-order valence-electron chi connectivity index (χ1n) is 7.20. The van der Waals surface area contributed by atoms with Gasteiger partial charge in [0.25, 0.3) is 5.91 Å². The molecule has 0 aliphatic carbocycles. The second-order valence-corrected chi connectivity index (χ2v) is 5.18. The van der Waals surface area contributed by atoms with Gasteiger partial charge in [-0.15, -0.1) is 0 Å². The van der Waals surface area contributed by atoms with E-state index in [0.717, 1.165) is 37.2 Å². The lowest BCUT2D eigenvalue weighted by atomic mass is 10.1. The minimum Gasteiger partial charge on any atom is -0.496 e. The summed E-state index contributed by atoms with van der Waals surface area (Å²) in [5.74, 6) is 1.43. The molecule has 1 aliphatic heterocycles. The van der Waals surface area contributed by atoms with Gasteiger partial charge >= 0.3 is 0 Å². The minimum atomic E-state index is 0.0644. The fourth-order valence-electron chi connectivity index (χ4n) is 2.77. The number of amides is 1. The quantitative estimate of drug-likeness (QED) is 0.852. The van der Waals surface area contributed by atoms with Crippen molar-refractivity contribution in [2.75, 3.05) is 27.3 Å². The Morgan fingerprint density at radius 1 is 1.05 bits per heavy atom. The molecular weight excluding hydrogens is 254 g/mol. The number of rotatable bonds is 3. The Hall–Kier alpha value is -1.71. The van der Waals surface area contributed by atoms with Crippen molar-refractivity contribution in [3.05, 3.63) is 23.3 Å². The zero-order chi connectivity index (χ0) is 14.5. The third kappa shape index (κ3) is 2.89. The van der Waals surface area contributed by atoms with Crippen molar-refractivity contribution in [2.45, 2.75) is 32.6 Å². The third-order valence-electron chi connectivity index (χ3n) is 3.90. The molecule has 1 aliphatic rings. The van der Waals surface area contributed by atoms with Gasteiger partial charge in [-0.3, -0.25) is 4.79 Å². The van der Waals surface area contributed by atoms with Crippen LogP contribution in [0.15, 0.2) is 12.1 Å². The molecule has 4 nitrogen and oxygen atoms in total. The molecule has 1 amide bonds. The second-order valence-electron chi connectivity index (χ2n) is 5.18. The van der Waals surface area contributed by atoms with Gasteiger partial charge in [-0.1, -0.05) is 12.8 Å². The van der Waals surface area contributed by atoms with E-state index in [-0.39, 0.29) is 5.91 Å². The average molecular weight is 277 g/mol. The highest BCUT2D eigenvalue weighted by atomic mass is 16.5. The summed E-state index contributed by atoms with van der Waals surface area (Å²) in [4.78, 5) is 14.6. The molecule has 1 saturated heterocycles. The first-order chi connectivity index (χ1) is 9.69.